The van der Waals surface area contributed by atoms with E-state index in [4.69, 9.17) is 15.9 Å². The molecule has 1 aliphatic heterocycles. The molecule has 0 aliphatic carbocycles. The fourth-order valence-electron chi connectivity index (χ4n) is 2.41. The van der Waals surface area contributed by atoms with Crippen LogP contribution in [0.4, 0.5) is 5.95 Å². The van der Waals surface area contributed by atoms with E-state index < -0.39 is 0 Å². The fourth-order valence-corrected chi connectivity index (χ4v) is 2.41. The van der Waals surface area contributed by atoms with Crippen LogP contribution in [-0.2, 0) is 4.74 Å². The molecule has 0 spiro atoms. The number of nitrogens with one attached hydrogen (secondary N) is 3. The molecule has 0 saturated carbocycles. The number of rotatable bonds is 4. The first-order valence-electron chi connectivity index (χ1n) is 6.77. The van der Waals surface area contributed by atoms with Crippen LogP contribution in [0.1, 0.15) is 5.56 Å². The highest BCUT2D eigenvalue weighted by atomic mass is 16.5. The number of ether oxygens (including phenoxy) is 1. The number of anilines is 1. The summed E-state index contributed by atoms with van der Waals surface area (Å²) in [6.07, 6.45) is 0. The molecular formula is C13H18N6O2. The third kappa shape index (κ3) is 2.63. The molecule has 1 aliphatic rings. The molecule has 8 nitrogen and oxygen atoms in total. The van der Waals surface area contributed by atoms with Gasteiger partial charge in [0, 0.05) is 24.7 Å². The van der Waals surface area contributed by atoms with Gasteiger partial charge in [0.2, 0.25) is 5.95 Å². The molecule has 0 amide bonds. The average Bonchev–Trinajstić information content (AvgIpc) is 2.83. The third-order valence-corrected chi connectivity index (χ3v) is 3.45. The van der Waals surface area contributed by atoms with Gasteiger partial charge in [-0.25, -0.2) is 4.98 Å². The van der Waals surface area contributed by atoms with Gasteiger partial charge >= 0.3 is 0 Å². The highest BCUT2D eigenvalue weighted by molar-refractivity contribution is 6.06. The number of nitrogens with two attached hydrogens (primary N) is 1. The van der Waals surface area contributed by atoms with E-state index in [1.807, 2.05) is 0 Å². The molecule has 21 heavy (non-hydrogen) atoms. The van der Waals surface area contributed by atoms with Gasteiger partial charge in [0.25, 0.3) is 0 Å². The van der Waals surface area contributed by atoms with Crippen LogP contribution in [0.2, 0.25) is 0 Å². The van der Waals surface area contributed by atoms with Crippen molar-refractivity contribution in [3.8, 4) is 0 Å². The first-order valence-corrected chi connectivity index (χ1v) is 6.77. The number of imidazole rings is 1. The van der Waals surface area contributed by atoms with E-state index >= 15 is 0 Å². The fraction of sp³-hybridized carbons (Fsp3) is 0.385. The lowest BCUT2D eigenvalue weighted by Gasteiger charge is -2.23. The van der Waals surface area contributed by atoms with Crippen molar-refractivity contribution in [2.45, 2.75) is 6.04 Å². The van der Waals surface area contributed by atoms with E-state index in [1.54, 1.807) is 18.2 Å². The number of para-hydroxylation sites is 1. The van der Waals surface area contributed by atoms with Crippen LogP contribution >= 0.6 is 0 Å². The van der Waals surface area contributed by atoms with E-state index in [9.17, 15) is 5.21 Å². The Morgan fingerprint density at radius 1 is 1.62 bits per heavy atom. The molecule has 2 aromatic rings. The van der Waals surface area contributed by atoms with E-state index in [-0.39, 0.29) is 11.9 Å². The Morgan fingerprint density at radius 3 is 3.19 bits per heavy atom. The maximum absolute atomic E-state index is 10.2. The second-order valence-electron chi connectivity index (χ2n) is 4.94. The summed E-state index contributed by atoms with van der Waals surface area (Å²) in [7, 11) is 0. The average molecular weight is 290 g/mol. The number of nitrogens with zero attached hydrogens (tertiary/aromatic N) is 2. The molecule has 1 saturated heterocycles. The summed E-state index contributed by atoms with van der Waals surface area (Å²) >= 11 is 0. The summed E-state index contributed by atoms with van der Waals surface area (Å²) in [5.41, 5.74) is 7.00. The SMILES string of the molecule is N=C(N)c1cccc2nc(NCC3COCCN3)n(O)c12. The molecule has 1 aromatic heterocycles. The lowest BCUT2D eigenvalue weighted by atomic mass is 10.2. The number of hydrogen-bond donors (Lipinski definition) is 5. The van der Waals surface area contributed by atoms with Crippen LogP contribution < -0.4 is 16.4 Å². The van der Waals surface area contributed by atoms with Crippen LogP contribution in [-0.4, -0.2) is 53.1 Å². The number of benzene rings is 1. The standard InChI is InChI=1S/C13H18N6O2/c14-12(15)9-2-1-3-10-11(9)19(20)13(18-10)17-6-8-7-21-5-4-16-8/h1-3,8,16,20H,4-7H2,(H3,14,15)(H,17,18). The summed E-state index contributed by atoms with van der Waals surface area (Å²) in [6, 6.07) is 5.37. The zero-order valence-corrected chi connectivity index (χ0v) is 11.5. The Balaban J connectivity index is 1.84. The van der Waals surface area contributed by atoms with Crippen molar-refractivity contribution in [2.75, 3.05) is 31.6 Å². The van der Waals surface area contributed by atoms with Gasteiger partial charge in [-0.2, -0.15) is 0 Å². The molecule has 1 atom stereocenters. The monoisotopic (exact) mass is 290 g/mol. The van der Waals surface area contributed by atoms with Crippen LogP contribution in [0.25, 0.3) is 11.0 Å². The Hall–Kier alpha value is -2.32. The van der Waals surface area contributed by atoms with Crippen molar-refractivity contribution in [1.29, 1.82) is 5.41 Å². The normalized spacial score (nSPS) is 18.8. The van der Waals surface area contributed by atoms with Crippen molar-refractivity contribution in [1.82, 2.24) is 15.0 Å². The molecular weight excluding hydrogens is 272 g/mol. The predicted molar refractivity (Wildman–Crippen MR) is 79.0 cm³/mol. The Kier molecular flexibility index (Phi) is 3.63. The number of amidine groups is 1. The summed E-state index contributed by atoms with van der Waals surface area (Å²) < 4.78 is 6.31. The van der Waals surface area contributed by atoms with Gasteiger partial charge in [-0.1, -0.05) is 6.07 Å². The topological polar surface area (TPSA) is 121 Å². The number of hydrogen-bond acceptors (Lipinski definition) is 6. The second-order valence-corrected chi connectivity index (χ2v) is 4.94. The molecule has 112 valence electrons. The predicted octanol–water partition coefficient (Wildman–Crippen LogP) is -0.0420. The van der Waals surface area contributed by atoms with Gasteiger partial charge in [-0.05, 0) is 12.1 Å². The Labute approximate surface area is 121 Å². The second kappa shape index (κ2) is 5.58. The maximum atomic E-state index is 10.2. The molecule has 8 heteroatoms. The van der Waals surface area contributed by atoms with Gasteiger partial charge in [-0.15, -0.1) is 4.73 Å². The van der Waals surface area contributed by atoms with Crippen LogP contribution in [0.15, 0.2) is 18.2 Å². The Morgan fingerprint density at radius 2 is 2.48 bits per heavy atom. The van der Waals surface area contributed by atoms with Gasteiger partial charge < -0.3 is 26.3 Å². The van der Waals surface area contributed by atoms with E-state index in [2.05, 4.69) is 15.6 Å². The van der Waals surface area contributed by atoms with E-state index in [0.717, 1.165) is 17.9 Å². The number of morpholine rings is 1. The largest absolute Gasteiger partial charge is 0.425 e. The lowest BCUT2D eigenvalue weighted by molar-refractivity contribution is 0.0804. The molecule has 1 aromatic carbocycles. The molecule has 1 fully saturated rings. The number of fused-ring (bicyclic) bond motifs is 1. The zero-order chi connectivity index (χ0) is 14.8. The van der Waals surface area contributed by atoms with Crippen LogP contribution in [0.3, 0.4) is 0 Å². The molecule has 3 rings (SSSR count). The van der Waals surface area contributed by atoms with E-state index in [0.29, 0.717) is 35.7 Å². The summed E-state index contributed by atoms with van der Waals surface area (Å²) in [6.45, 7) is 2.74. The molecule has 6 N–H and O–H groups in total. The van der Waals surface area contributed by atoms with Gasteiger partial charge in [0.05, 0.1) is 18.7 Å². The highest BCUT2D eigenvalue weighted by Gasteiger charge is 2.17. The molecule has 2 heterocycles. The van der Waals surface area contributed by atoms with Crippen LogP contribution in [0.5, 0.6) is 0 Å². The highest BCUT2D eigenvalue weighted by Crippen LogP contribution is 2.21. The number of aromatic nitrogens is 2. The summed E-state index contributed by atoms with van der Waals surface area (Å²) in [5.74, 6) is 0.218. The quantitative estimate of drug-likeness (QED) is 0.306. The molecule has 0 radical (unpaired) electrons. The lowest BCUT2D eigenvalue weighted by Crippen LogP contribution is -2.45. The third-order valence-electron chi connectivity index (χ3n) is 3.45. The minimum absolute atomic E-state index is 0.107. The first kappa shape index (κ1) is 13.7. The van der Waals surface area contributed by atoms with Crippen molar-refractivity contribution in [3.63, 3.8) is 0 Å². The zero-order valence-electron chi connectivity index (χ0n) is 11.5. The Bertz CT molecular complexity index is 662. The van der Waals surface area contributed by atoms with Crippen molar-refractivity contribution >= 4 is 22.8 Å². The minimum Gasteiger partial charge on any atom is -0.425 e. The van der Waals surface area contributed by atoms with Gasteiger partial charge in [0.15, 0.2) is 0 Å². The van der Waals surface area contributed by atoms with Gasteiger partial charge in [0.1, 0.15) is 11.4 Å². The molecule has 1 unspecified atom stereocenters. The smallest absolute Gasteiger partial charge is 0.237 e. The molecule has 0 bridgehead atoms. The van der Waals surface area contributed by atoms with Crippen LogP contribution in [0, 0.1) is 5.41 Å². The van der Waals surface area contributed by atoms with Gasteiger partial charge in [-0.3, -0.25) is 5.41 Å². The summed E-state index contributed by atoms with van der Waals surface area (Å²) in [4.78, 5) is 4.32. The maximum Gasteiger partial charge on any atom is 0.237 e. The number of nitrogen functional groups attached to an aromatic ring is 1. The van der Waals surface area contributed by atoms with Crippen molar-refractivity contribution < 1.29 is 9.94 Å². The van der Waals surface area contributed by atoms with Crippen molar-refractivity contribution in [2.24, 2.45) is 5.73 Å². The van der Waals surface area contributed by atoms with E-state index in [1.165, 1.54) is 0 Å². The minimum atomic E-state index is -0.107. The first-order chi connectivity index (χ1) is 10.2. The summed E-state index contributed by atoms with van der Waals surface area (Å²) in [5, 5.41) is 24.2. The van der Waals surface area contributed by atoms with Crippen molar-refractivity contribution in [3.05, 3.63) is 23.8 Å².